The van der Waals surface area contributed by atoms with E-state index in [0.717, 1.165) is 6.07 Å². The van der Waals surface area contributed by atoms with Crippen LogP contribution in [0.25, 0.3) is 0 Å². The van der Waals surface area contributed by atoms with Crippen LogP contribution in [0, 0.1) is 12.7 Å². The Balaban J connectivity index is 2.00. The number of sulfonamides is 1. The molecule has 0 radical (unpaired) electrons. The Hall–Kier alpha value is -1.88. The molecule has 1 saturated heterocycles. The Kier molecular flexibility index (Phi) is 5.83. The molecule has 0 unspecified atom stereocenters. The summed E-state index contributed by atoms with van der Waals surface area (Å²) >= 11 is 5.89. The summed E-state index contributed by atoms with van der Waals surface area (Å²) in [6.45, 7) is 9.10. The maximum atomic E-state index is 14.7. The fraction of sp³-hybridized carbons (Fsp3) is 0.421. The molecule has 0 spiro atoms. The highest BCUT2D eigenvalue weighted by Gasteiger charge is 2.52. The highest BCUT2D eigenvalue weighted by molar-refractivity contribution is 7.92. The van der Waals surface area contributed by atoms with Crippen LogP contribution >= 0.6 is 11.6 Å². The predicted octanol–water partition coefficient (Wildman–Crippen LogP) is 3.29. The maximum absolute atomic E-state index is 14.7. The number of halogens is 2. The van der Waals surface area contributed by atoms with E-state index < -0.39 is 34.2 Å². The molecular formula is C19H23BClFN2O5S. The van der Waals surface area contributed by atoms with Gasteiger partial charge in [0.15, 0.2) is 4.90 Å². The van der Waals surface area contributed by atoms with Crippen molar-refractivity contribution in [1.29, 1.82) is 0 Å². The molecule has 1 aliphatic heterocycles. The van der Waals surface area contributed by atoms with Crippen molar-refractivity contribution in [2.75, 3.05) is 11.8 Å². The number of anilines is 1. The molecule has 0 saturated carbocycles. The Morgan fingerprint density at radius 3 is 2.33 bits per heavy atom. The second-order valence-corrected chi connectivity index (χ2v) is 10.1. The Labute approximate surface area is 181 Å². The van der Waals surface area contributed by atoms with E-state index in [1.165, 1.54) is 25.4 Å². The van der Waals surface area contributed by atoms with E-state index in [0.29, 0.717) is 11.0 Å². The zero-order valence-corrected chi connectivity index (χ0v) is 19.1. The lowest BCUT2D eigenvalue weighted by molar-refractivity contribution is 0.00578. The first-order valence-electron chi connectivity index (χ1n) is 9.15. The van der Waals surface area contributed by atoms with Gasteiger partial charge in [-0.25, -0.2) is 17.8 Å². The zero-order chi connectivity index (χ0) is 22.5. The molecule has 2 heterocycles. The minimum absolute atomic E-state index is 0.00448. The number of aromatic nitrogens is 1. The Morgan fingerprint density at radius 1 is 1.17 bits per heavy atom. The number of rotatable bonds is 5. The van der Waals surface area contributed by atoms with Gasteiger partial charge in [0.25, 0.3) is 10.0 Å². The van der Waals surface area contributed by atoms with Crippen LogP contribution in [0.5, 0.6) is 5.88 Å². The van der Waals surface area contributed by atoms with Gasteiger partial charge in [-0.1, -0.05) is 11.6 Å². The number of hydrogen-bond donors (Lipinski definition) is 1. The highest BCUT2D eigenvalue weighted by atomic mass is 35.5. The van der Waals surface area contributed by atoms with Crippen LogP contribution in [-0.4, -0.2) is 38.8 Å². The summed E-state index contributed by atoms with van der Waals surface area (Å²) in [6, 6.07) is 3.78. The van der Waals surface area contributed by atoms with E-state index in [-0.39, 0.29) is 21.5 Å². The fourth-order valence-corrected chi connectivity index (χ4v) is 4.35. The molecular weight excluding hydrogens is 434 g/mol. The second kappa shape index (κ2) is 7.67. The summed E-state index contributed by atoms with van der Waals surface area (Å²) in [7, 11) is -3.73. The fourth-order valence-electron chi connectivity index (χ4n) is 2.94. The third kappa shape index (κ3) is 4.14. The number of ether oxygens (including phenoxy) is 1. The molecule has 7 nitrogen and oxygen atoms in total. The number of pyridine rings is 1. The Morgan fingerprint density at radius 2 is 1.77 bits per heavy atom. The molecule has 30 heavy (non-hydrogen) atoms. The van der Waals surface area contributed by atoms with Gasteiger partial charge in [-0.05, 0) is 63.8 Å². The van der Waals surface area contributed by atoms with Crippen molar-refractivity contribution in [3.8, 4) is 5.88 Å². The minimum Gasteiger partial charge on any atom is -0.480 e. The van der Waals surface area contributed by atoms with Gasteiger partial charge in [-0.3, -0.25) is 4.72 Å². The summed E-state index contributed by atoms with van der Waals surface area (Å²) < 4.78 is 59.8. The van der Waals surface area contributed by atoms with Gasteiger partial charge in [-0.15, -0.1) is 0 Å². The monoisotopic (exact) mass is 456 g/mol. The number of benzene rings is 1. The number of hydrogen-bond acceptors (Lipinski definition) is 6. The number of nitrogens with zero attached hydrogens (tertiary/aromatic N) is 1. The van der Waals surface area contributed by atoms with Crippen molar-refractivity contribution < 1.29 is 26.9 Å². The minimum atomic E-state index is -4.16. The van der Waals surface area contributed by atoms with Crippen LogP contribution in [0.2, 0.25) is 5.02 Å². The van der Waals surface area contributed by atoms with Crippen molar-refractivity contribution in [1.82, 2.24) is 4.98 Å². The van der Waals surface area contributed by atoms with E-state index >= 15 is 0 Å². The molecule has 1 N–H and O–H groups in total. The quantitative estimate of drug-likeness (QED) is 0.695. The van der Waals surface area contributed by atoms with Gasteiger partial charge < -0.3 is 14.0 Å². The van der Waals surface area contributed by atoms with Gasteiger partial charge >= 0.3 is 7.12 Å². The van der Waals surface area contributed by atoms with E-state index in [2.05, 4.69) is 9.71 Å². The summed E-state index contributed by atoms with van der Waals surface area (Å²) in [4.78, 5) is 3.59. The van der Waals surface area contributed by atoms with E-state index in [9.17, 15) is 12.8 Å². The predicted molar refractivity (Wildman–Crippen MR) is 113 cm³/mol. The molecule has 0 atom stereocenters. The molecule has 162 valence electrons. The number of methoxy groups -OCH3 is 1. The summed E-state index contributed by atoms with van der Waals surface area (Å²) in [5.74, 6) is -0.734. The molecule has 1 fully saturated rings. The average Bonchev–Trinajstić information content (AvgIpc) is 2.85. The molecule has 3 rings (SSSR count). The van der Waals surface area contributed by atoms with Crippen molar-refractivity contribution in [3.05, 3.63) is 40.8 Å². The van der Waals surface area contributed by atoms with Crippen LogP contribution in [0.1, 0.15) is 33.3 Å². The average molecular weight is 457 g/mol. The van der Waals surface area contributed by atoms with Gasteiger partial charge in [0.2, 0.25) is 5.88 Å². The third-order valence-corrected chi connectivity index (χ3v) is 6.99. The third-order valence-electron chi connectivity index (χ3n) is 5.41. The highest BCUT2D eigenvalue weighted by Crippen LogP contribution is 2.37. The van der Waals surface area contributed by atoms with Crippen molar-refractivity contribution >= 4 is 39.9 Å². The van der Waals surface area contributed by atoms with Gasteiger partial charge in [-0.2, -0.15) is 0 Å². The Bertz CT molecular complexity index is 1080. The van der Waals surface area contributed by atoms with E-state index in [1.54, 1.807) is 6.92 Å². The summed E-state index contributed by atoms with van der Waals surface area (Å²) in [5, 5.41) is 0.115. The first-order valence-corrected chi connectivity index (χ1v) is 11.0. The van der Waals surface area contributed by atoms with Crippen LogP contribution < -0.4 is 14.9 Å². The van der Waals surface area contributed by atoms with Crippen molar-refractivity contribution in [2.24, 2.45) is 0 Å². The lowest BCUT2D eigenvalue weighted by atomic mass is 9.76. The molecule has 1 aromatic carbocycles. The van der Waals surface area contributed by atoms with Crippen LogP contribution in [0.4, 0.5) is 10.1 Å². The van der Waals surface area contributed by atoms with Crippen LogP contribution in [0.15, 0.2) is 29.3 Å². The van der Waals surface area contributed by atoms with E-state index in [4.69, 9.17) is 25.6 Å². The first-order chi connectivity index (χ1) is 13.8. The summed E-state index contributed by atoms with van der Waals surface area (Å²) in [6.07, 6.45) is 1.27. The second-order valence-electron chi connectivity index (χ2n) is 8.03. The summed E-state index contributed by atoms with van der Waals surface area (Å²) in [5.41, 5.74) is -0.558. The molecule has 11 heteroatoms. The van der Waals surface area contributed by atoms with Crippen molar-refractivity contribution in [3.63, 3.8) is 0 Å². The molecule has 0 aliphatic carbocycles. The van der Waals surface area contributed by atoms with Gasteiger partial charge in [0.1, 0.15) is 5.82 Å². The lowest BCUT2D eigenvalue weighted by Gasteiger charge is -2.32. The van der Waals surface area contributed by atoms with Gasteiger partial charge in [0.05, 0.1) is 29.0 Å². The molecule has 1 aromatic heterocycles. The topological polar surface area (TPSA) is 86.8 Å². The molecule has 0 amide bonds. The maximum Gasteiger partial charge on any atom is 0.495 e. The standard InChI is InChI=1S/C19H23BClFN2O5S/c1-11-14(20-28-18(2,3)19(4,5)29-20)8-13(9-15(11)22)24-30(25,26)16-7-12(21)10-23-17(16)27-6/h7-10,24H,1-6H3. The largest absolute Gasteiger partial charge is 0.495 e. The molecule has 1 aliphatic rings. The molecule has 0 bridgehead atoms. The lowest BCUT2D eigenvalue weighted by Crippen LogP contribution is -2.41. The van der Waals surface area contributed by atoms with Crippen LogP contribution in [-0.2, 0) is 19.3 Å². The smallest absolute Gasteiger partial charge is 0.480 e. The van der Waals surface area contributed by atoms with Gasteiger partial charge in [0, 0.05) is 6.20 Å². The zero-order valence-electron chi connectivity index (χ0n) is 17.5. The van der Waals surface area contributed by atoms with Crippen molar-refractivity contribution in [2.45, 2.75) is 50.7 Å². The molecule has 2 aromatic rings. The normalized spacial score (nSPS) is 17.8. The van der Waals surface area contributed by atoms with Crippen LogP contribution in [0.3, 0.4) is 0 Å². The number of nitrogens with one attached hydrogen (secondary N) is 1. The first kappa shape index (κ1) is 22.8. The SMILES string of the molecule is COc1ncc(Cl)cc1S(=O)(=O)Nc1cc(F)c(C)c(B2OC(C)(C)C(C)(C)O2)c1. The van der Waals surface area contributed by atoms with E-state index in [1.807, 2.05) is 27.7 Å².